The number of benzene rings is 1. The Labute approximate surface area is 116 Å². The third-order valence-electron chi connectivity index (χ3n) is 5.22. The lowest BCUT2D eigenvalue weighted by atomic mass is 9.59. The second-order valence-electron chi connectivity index (χ2n) is 6.99. The zero-order valence-electron chi connectivity index (χ0n) is 12.5. The highest BCUT2D eigenvalue weighted by Crippen LogP contribution is 2.53. The van der Waals surface area contributed by atoms with E-state index in [9.17, 15) is 0 Å². The van der Waals surface area contributed by atoms with Crippen LogP contribution in [0.2, 0.25) is 0 Å². The summed E-state index contributed by atoms with van der Waals surface area (Å²) >= 11 is 0. The van der Waals surface area contributed by atoms with Crippen molar-refractivity contribution in [1.82, 2.24) is 0 Å². The zero-order valence-corrected chi connectivity index (χ0v) is 12.5. The molecule has 0 spiro atoms. The van der Waals surface area contributed by atoms with Gasteiger partial charge in [0.25, 0.3) is 0 Å². The molecule has 19 heavy (non-hydrogen) atoms. The van der Waals surface area contributed by atoms with Gasteiger partial charge >= 0.3 is 0 Å². The van der Waals surface area contributed by atoms with Crippen molar-refractivity contribution in [1.29, 1.82) is 0 Å². The largest absolute Gasteiger partial charge is 0.497 e. The monoisotopic (exact) mass is 260 g/mol. The fourth-order valence-corrected chi connectivity index (χ4v) is 4.08. The van der Waals surface area contributed by atoms with Gasteiger partial charge in [0.15, 0.2) is 0 Å². The van der Waals surface area contributed by atoms with Crippen LogP contribution in [0.5, 0.6) is 11.5 Å². The Hall–Kier alpha value is -1.18. The number of fused-ring (bicyclic) bond motifs is 2. The molecule has 2 atom stereocenters. The summed E-state index contributed by atoms with van der Waals surface area (Å²) in [5, 5.41) is 0. The van der Waals surface area contributed by atoms with Crippen molar-refractivity contribution in [2.24, 2.45) is 11.3 Å². The molecule has 104 valence electrons. The topological polar surface area (TPSA) is 18.5 Å². The number of hydrogen-bond acceptors (Lipinski definition) is 2. The van der Waals surface area contributed by atoms with Crippen molar-refractivity contribution in [2.45, 2.75) is 52.1 Å². The predicted molar refractivity (Wildman–Crippen MR) is 76.9 cm³/mol. The van der Waals surface area contributed by atoms with E-state index in [-0.39, 0.29) is 5.60 Å². The summed E-state index contributed by atoms with van der Waals surface area (Å²) in [6, 6.07) is 6.25. The van der Waals surface area contributed by atoms with Crippen LogP contribution in [0.3, 0.4) is 0 Å². The third kappa shape index (κ3) is 2.01. The maximum atomic E-state index is 6.42. The second-order valence-corrected chi connectivity index (χ2v) is 6.99. The van der Waals surface area contributed by atoms with Crippen LogP contribution in [0.1, 0.15) is 45.6 Å². The predicted octanol–water partition coefficient (Wildman–Crippen LogP) is 4.22. The Bertz CT molecular complexity index is 492. The van der Waals surface area contributed by atoms with Gasteiger partial charge in [-0.3, -0.25) is 0 Å². The highest BCUT2D eigenvalue weighted by atomic mass is 16.5. The lowest BCUT2D eigenvalue weighted by Crippen LogP contribution is -2.53. The first-order valence-corrected chi connectivity index (χ1v) is 7.30. The fourth-order valence-electron chi connectivity index (χ4n) is 4.08. The van der Waals surface area contributed by atoms with Gasteiger partial charge in [-0.1, -0.05) is 19.9 Å². The minimum Gasteiger partial charge on any atom is -0.497 e. The Kier molecular flexibility index (Phi) is 2.81. The molecule has 1 fully saturated rings. The smallest absolute Gasteiger partial charge is 0.127 e. The molecule has 2 aliphatic rings. The van der Waals surface area contributed by atoms with Crippen LogP contribution < -0.4 is 9.47 Å². The van der Waals surface area contributed by atoms with Crippen LogP contribution in [-0.4, -0.2) is 12.7 Å². The van der Waals surface area contributed by atoms with Gasteiger partial charge in [-0.25, -0.2) is 0 Å². The van der Waals surface area contributed by atoms with E-state index in [0.717, 1.165) is 24.3 Å². The second kappa shape index (κ2) is 4.16. The summed E-state index contributed by atoms with van der Waals surface area (Å²) in [6.45, 7) is 7.08. The van der Waals surface area contributed by atoms with Gasteiger partial charge in [0.05, 0.1) is 7.11 Å². The number of rotatable bonds is 1. The Morgan fingerprint density at radius 3 is 2.74 bits per heavy atom. The first-order valence-electron chi connectivity index (χ1n) is 7.30. The third-order valence-corrected chi connectivity index (χ3v) is 5.22. The molecule has 0 radical (unpaired) electrons. The van der Waals surface area contributed by atoms with Gasteiger partial charge in [0.1, 0.15) is 17.1 Å². The number of methoxy groups -OCH3 is 1. The molecule has 1 saturated carbocycles. The molecule has 2 heteroatoms. The van der Waals surface area contributed by atoms with E-state index >= 15 is 0 Å². The Morgan fingerprint density at radius 2 is 2.00 bits per heavy atom. The zero-order chi connectivity index (χ0) is 13.7. The van der Waals surface area contributed by atoms with Crippen LogP contribution in [0.4, 0.5) is 0 Å². The minimum atomic E-state index is -0.0128. The summed E-state index contributed by atoms with van der Waals surface area (Å²) in [6.07, 6.45) is 4.86. The summed E-state index contributed by atoms with van der Waals surface area (Å²) in [5.74, 6) is 2.52. The molecule has 1 aromatic carbocycles. The van der Waals surface area contributed by atoms with Gasteiger partial charge in [-0.15, -0.1) is 0 Å². The highest BCUT2D eigenvalue weighted by molar-refractivity contribution is 5.43. The molecular formula is C17H24O2. The SMILES string of the molecule is COc1ccc2c(c1)OC1(C)CCCC(C)(C)C1C2. The van der Waals surface area contributed by atoms with E-state index in [2.05, 4.69) is 26.8 Å². The van der Waals surface area contributed by atoms with Gasteiger partial charge in [-0.2, -0.15) is 0 Å². The summed E-state index contributed by atoms with van der Waals surface area (Å²) < 4.78 is 11.7. The maximum Gasteiger partial charge on any atom is 0.127 e. The Balaban J connectivity index is 2.01. The van der Waals surface area contributed by atoms with Gasteiger partial charge < -0.3 is 9.47 Å². The van der Waals surface area contributed by atoms with E-state index in [0.29, 0.717) is 11.3 Å². The van der Waals surface area contributed by atoms with Crippen molar-refractivity contribution in [3.05, 3.63) is 23.8 Å². The average molecular weight is 260 g/mol. The van der Waals surface area contributed by atoms with Crippen molar-refractivity contribution in [3.63, 3.8) is 0 Å². The highest BCUT2D eigenvalue weighted by Gasteiger charge is 2.50. The van der Waals surface area contributed by atoms with Gasteiger partial charge in [0, 0.05) is 12.0 Å². The van der Waals surface area contributed by atoms with Crippen molar-refractivity contribution < 1.29 is 9.47 Å². The minimum absolute atomic E-state index is 0.0128. The van der Waals surface area contributed by atoms with E-state index in [1.165, 1.54) is 18.4 Å². The molecule has 2 nitrogen and oxygen atoms in total. The first-order chi connectivity index (χ1) is 8.94. The van der Waals surface area contributed by atoms with Crippen molar-refractivity contribution in [3.8, 4) is 11.5 Å². The van der Waals surface area contributed by atoms with Gasteiger partial charge in [-0.05, 0) is 49.7 Å². The van der Waals surface area contributed by atoms with Gasteiger partial charge in [0.2, 0.25) is 0 Å². The molecule has 3 rings (SSSR count). The molecule has 1 aliphatic carbocycles. The molecule has 0 saturated heterocycles. The lowest BCUT2D eigenvalue weighted by Gasteiger charge is -2.53. The molecule has 1 heterocycles. The summed E-state index contributed by atoms with van der Waals surface area (Å²) in [4.78, 5) is 0. The standard InChI is InChI=1S/C17H24O2/c1-16(2)8-5-9-17(3)15(16)10-12-6-7-13(18-4)11-14(12)19-17/h6-7,11,15H,5,8-10H2,1-4H3. The van der Waals surface area contributed by atoms with Crippen LogP contribution >= 0.6 is 0 Å². The number of ether oxygens (including phenoxy) is 2. The molecule has 0 aromatic heterocycles. The van der Waals surface area contributed by atoms with Crippen LogP contribution in [0.15, 0.2) is 18.2 Å². The van der Waals surface area contributed by atoms with E-state index < -0.39 is 0 Å². The maximum absolute atomic E-state index is 6.42. The number of hydrogen-bond donors (Lipinski definition) is 0. The fraction of sp³-hybridized carbons (Fsp3) is 0.647. The molecular weight excluding hydrogens is 236 g/mol. The molecule has 1 aromatic rings. The van der Waals surface area contributed by atoms with Crippen molar-refractivity contribution >= 4 is 0 Å². The van der Waals surface area contributed by atoms with E-state index in [1.807, 2.05) is 12.1 Å². The van der Waals surface area contributed by atoms with Crippen LogP contribution in [0.25, 0.3) is 0 Å². The van der Waals surface area contributed by atoms with E-state index in [1.54, 1.807) is 7.11 Å². The van der Waals surface area contributed by atoms with Crippen molar-refractivity contribution in [2.75, 3.05) is 7.11 Å². The molecule has 2 unspecified atom stereocenters. The molecule has 0 N–H and O–H groups in total. The van der Waals surface area contributed by atoms with Crippen LogP contribution in [0, 0.1) is 11.3 Å². The van der Waals surface area contributed by atoms with Crippen LogP contribution in [-0.2, 0) is 6.42 Å². The summed E-state index contributed by atoms with van der Waals surface area (Å²) in [7, 11) is 1.71. The normalized spacial score (nSPS) is 31.9. The van der Waals surface area contributed by atoms with E-state index in [4.69, 9.17) is 9.47 Å². The average Bonchev–Trinajstić information content (AvgIpc) is 2.35. The quantitative estimate of drug-likeness (QED) is 0.753. The molecule has 0 amide bonds. The lowest BCUT2D eigenvalue weighted by molar-refractivity contribution is -0.0816. The molecule has 0 bridgehead atoms. The Morgan fingerprint density at radius 1 is 1.21 bits per heavy atom. The summed E-state index contributed by atoms with van der Waals surface area (Å²) in [5.41, 5.74) is 1.68. The first kappa shape index (κ1) is 12.8. The molecule has 1 aliphatic heterocycles.